The topological polar surface area (TPSA) is 158 Å². The minimum absolute atomic E-state index is 0.0467. The van der Waals surface area contributed by atoms with Crippen molar-refractivity contribution in [3.05, 3.63) is 42.6 Å². The third-order valence-electron chi connectivity index (χ3n) is 5.64. The van der Waals surface area contributed by atoms with Crippen LogP contribution in [0.5, 0.6) is 0 Å². The van der Waals surface area contributed by atoms with E-state index in [-0.39, 0.29) is 10.8 Å². The molecule has 1 saturated heterocycles. The van der Waals surface area contributed by atoms with E-state index in [4.69, 9.17) is 15.2 Å². The summed E-state index contributed by atoms with van der Waals surface area (Å²) in [5.74, 6) is 0.0351. The summed E-state index contributed by atoms with van der Waals surface area (Å²) < 4.78 is 37.4. The molecule has 206 valence electrons. The van der Waals surface area contributed by atoms with Gasteiger partial charge in [-0.15, -0.1) is 0 Å². The number of carbonyl (C=O) groups is 3. The standard InChI is InChI=1S/C26H34N4O7S/c1-25(2,3)22(36-23(27)32)38(34,35)19-10-8-7-9-17(19)16-11-12-20(28-15-16)30-14-13-18(21(30)31)29-24(33)37-26(4,5)6/h7-12,15,18,22H,13-14H2,1-6H3,(H2,27,32)(H,29,33)/t18-,22?/m0/s1. The van der Waals surface area contributed by atoms with E-state index >= 15 is 0 Å². The molecule has 12 heteroatoms. The average molecular weight is 547 g/mol. The number of aromatic nitrogens is 1. The molecule has 1 aliphatic heterocycles. The molecule has 0 saturated carbocycles. The van der Waals surface area contributed by atoms with E-state index in [2.05, 4.69) is 10.3 Å². The van der Waals surface area contributed by atoms with E-state index in [9.17, 15) is 22.8 Å². The Kier molecular flexibility index (Phi) is 8.06. The zero-order chi connectivity index (χ0) is 28.5. The zero-order valence-corrected chi connectivity index (χ0v) is 23.2. The summed E-state index contributed by atoms with van der Waals surface area (Å²) in [5.41, 5.74) is 2.84. The number of pyridine rings is 1. The number of ether oxygens (including phenoxy) is 2. The van der Waals surface area contributed by atoms with Crippen LogP contribution in [0.3, 0.4) is 0 Å². The quantitative estimate of drug-likeness (QED) is 0.556. The second-order valence-corrected chi connectivity index (χ2v) is 13.0. The number of hydrogen-bond acceptors (Lipinski definition) is 8. The molecule has 3 N–H and O–H groups in total. The van der Waals surface area contributed by atoms with Crippen molar-refractivity contribution in [3.63, 3.8) is 0 Å². The lowest BCUT2D eigenvalue weighted by atomic mass is 9.98. The molecule has 3 amide bonds. The molecule has 0 bridgehead atoms. The van der Waals surface area contributed by atoms with Crippen molar-refractivity contribution in [2.24, 2.45) is 11.1 Å². The molecule has 0 radical (unpaired) electrons. The highest BCUT2D eigenvalue weighted by Gasteiger charge is 2.41. The Bertz CT molecular complexity index is 1310. The maximum atomic E-state index is 13.6. The predicted molar refractivity (Wildman–Crippen MR) is 141 cm³/mol. The minimum atomic E-state index is -4.17. The fraction of sp³-hybridized carbons (Fsp3) is 0.462. The fourth-order valence-corrected chi connectivity index (χ4v) is 6.22. The number of benzene rings is 1. The van der Waals surface area contributed by atoms with E-state index in [0.29, 0.717) is 29.9 Å². The molecule has 2 aromatic rings. The molecule has 2 atom stereocenters. The molecular weight excluding hydrogens is 512 g/mol. The number of primary amides is 1. The van der Waals surface area contributed by atoms with Gasteiger partial charge in [0.15, 0.2) is 0 Å². The van der Waals surface area contributed by atoms with Crippen LogP contribution in [0.15, 0.2) is 47.5 Å². The SMILES string of the molecule is CC(C)(C)OC(=O)N[C@H]1CCN(c2ccc(-c3ccccc3S(=O)(=O)C(OC(N)=O)C(C)(C)C)cn2)C1=O. The van der Waals surface area contributed by atoms with Crippen LogP contribution in [-0.2, 0) is 24.1 Å². The maximum absolute atomic E-state index is 13.6. The van der Waals surface area contributed by atoms with Crippen molar-refractivity contribution in [2.45, 2.75) is 69.9 Å². The van der Waals surface area contributed by atoms with Gasteiger partial charge >= 0.3 is 12.2 Å². The molecular formula is C26H34N4O7S. The number of anilines is 1. The van der Waals surface area contributed by atoms with Gasteiger partial charge in [0.2, 0.25) is 15.3 Å². The Morgan fingerprint density at radius 3 is 2.32 bits per heavy atom. The highest BCUT2D eigenvalue weighted by molar-refractivity contribution is 7.92. The van der Waals surface area contributed by atoms with Crippen molar-refractivity contribution >= 4 is 33.7 Å². The third-order valence-corrected chi connectivity index (χ3v) is 7.97. The number of alkyl carbamates (subject to hydrolysis) is 1. The van der Waals surface area contributed by atoms with Crippen molar-refractivity contribution < 1.29 is 32.3 Å². The number of nitrogens with zero attached hydrogens (tertiary/aromatic N) is 2. The molecule has 1 aliphatic rings. The van der Waals surface area contributed by atoms with Gasteiger partial charge in [0.1, 0.15) is 17.5 Å². The third kappa shape index (κ3) is 6.60. The van der Waals surface area contributed by atoms with Crippen LogP contribution in [0.1, 0.15) is 48.0 Å². The first kappa shape index (κ1) is 28.9. The smallest absolute Gasteiger partial charge is 0.408 e. The number of nitrogens with two attached hydrogens (primary N) is 1. The first-order valence-electron chi connectivity index (χ1n) is 12.1. The summed E-state index contributed by atoms with van der Waals surface area (Å²) in [6, 6.07) is 8.82. The van der Waals surface area contributed by atoms with Crippen LogP contribution in [-0.4, -0.2) is 55.1 Å². The lowest BCUT2D eigenvalue weighted by Gasteiger charge is -2.29. The molecule has 1 aromatic carbocycles. The number of nitrogens with one attached hydrogen (secondary N) is 1. The maximum Gasteiger partial charge on any atom is 0.408 e. The molecule has 1 unspecified atom stereocenters. The highest BCUT2D eigenvalue weighted by atomic mass is 32.2. The van der Waals surface area contributed by atoms with Crippen LogP contribution in [0, 0.1) is 5.41 Å². The fourth-order valence-electron chi connectivity index (χ4n) is 4.08. The van der Waals surface area contributed by atoms with Crippen molar-refractivity contribution in [1.82, 2.24) is 10.3 Å². The summed E-state index contributed by atoms with van der Waals surface area (Å²) >= 11 is 0. The van der Waals surface area contributed by atoms with E-state index in [1.54, 1.807) is 71.9 Å². The van der Waals surface area contributed by atoms with Gasteiger partial charge in [-0.2, -0.15) is 0 Å². The summed E-state index contributed by atoms with van der Waals surface area (Å²) in [4.78, 5) is 42.2. The first-order valence-corrected chi connectivity index (χ1v) is 13.6. The van der Waals surface area contributed by atoms with Gasteiger partial charge in [-0.1, -0.05) is 39.0 Å². The summed E-state index contributed by atoms with van der Waals surface area (Å²) in [7, 11) is -4.17. The Balaban J connectivity index is 1.86. The van der Waals surface area contributed by atoms with Crippen LogP contribution in [0.2, 0.25) is 0 Å². The summed E-state index contributed by atoms with van der Waals surface area (Å²) in [6.07, 6.45) is -0.0112. The van der Waals surface area contributed by atoms with Gasteiger partial charge < -0.3 is 20.5 Å². The monoisotopic (exact) mass is 546 g/mol. The van der Waals surface area contributed by atoms with Gasteiger partial charge in [-0.3, -0.25) is 9.69 Å². The summed E-state index contributed by atoms with van der Waals surface area (Å²) in [6.45, 7) is 10.4. The van der Waals surface area contributed by atoms with E-state index < -0.39 is 44.5 Å². The molecule has 0 aliphatic carbocycles. The number of sulfone groups is 1. The van der Waals surface area contributed by atoms with E-state index in [0.717, 1.165) is 0 Å². The second-order valence-electron chi connectivity index (χ2n) is 11.1. The Labute approximate surface area is 222 Å². The van der Waals surface area contributed by atoms with Gasteiger partial charge in [-0.25, -0.2) is 23.0 Å². The number of carbonyl (C=O) groups excluding carboxylic acids is 3. The number of amides is 3. The molecule has 1 aromatic heterocycles. The van der Waals surface area contributed by atoms with Crippen molar-refractivity contribution in [1.29, 1.82) is 0 Å². The van der Waals surface area contributed by atoms with Crippen molar-refractivity contribution in [3.8, 4) is 11.1 Å². The Hall–Kier alpha value is -3.67. The van der Waals surface area contributed by atoms with E-state index in [1.807, 2.05) is 0 Å². The lowest BCUT2D eigenvalue weighted by Crippen LogP contribution is -2.43. The average Bonchev–Trinajstić information content (AvgIpc) is 3.15. The molecule has 3 rings (SSSR count). The van der Waals surface area contributed by atoms with Gasteiger partial charge in [0.05, 0.1) is 4.90 Å². The second kappa shape index (κ2) is 10.6. The molecule has 1 fully saturated rings. The molecule has 11 nitrogen and oxygen atoms in total. The number of rotatable bonds is 6. The largest absolute Gasteiger partial charge is 0.444 e. The molecule has 2 heterocycles. The molecule has 38 heavy (non-hydrogen) atoms. The lowest BCUT2D eigenvalue weighted by molar-refractivity contribution is -0.118. The Morgan fingerprint density at radius 2 is 1.76 bits per heavy atom. The van der Waals surface area contributed by atoms with Crippen LogP contribution in [0.25, 0.3) is 11.1 Å². The molecule has 0 spiro atoms. The summed E-state index contributed by atoms with van der Waals surface area (Å²) in [5, 5.41) is 2.59. The Morgan fingerprint density at radius 1 is 1.11 bits per heavy atom. The minimum Gasteiger partial charge on any atom is -0.444 e. The van der Waals surface area contributed by atoms with Crippen LogP contribution >= 0.6 is 0 Å². The normalized spacial score (nSPS) is 17.2. The van der Waals surface area contributed by atoms with Crippen LogP contribution in [0.4, 0.5) is 15.4 Å². The highest BCUT2D eigenvalue weighted by Crippen LogP contribution is 2.36. The van der Waals surface area contributed by atoms with Gasteiger partial charge in [0, 0.05) is 29.3 Å². The van der Waals surface area contributed by atoms with Crippen molar-refractivity contribution in [2.75, 3.05) is 11.4 Å². The van der Waals surface area contributed by atoms with Crippen LogP contribution < -0.4 is 16.0 Å². The van der Waals surface area contributed by atoms with Gasteiger partial charge in [-0.05, 0) is 45.4 Å². The number of hydrogen-bond donors (Lipinski definition) is 2. The zero-order valence-electron chi connectivity index (χ0n) is 22.3. The van der Waals surface area contributed by atoms with Gasteiger partial charge in [0.25, 0.3) is 5.91 Å². The van der Waals surface area contributed by atoms with E-state index in [1.165, 1.54) is 17.2 Å². The first-order chi connectivity index (χ1) is 17.5. The predicted octanol–water partition coefficient (Wildman–Crippen LogP) is 3.62.